The summed E-state index contributed by atoms with van der Waals surface area (Å²) in [5.74, 6) is 0.310. The van der Waals surface area contributed by atoms with Gasteiger partial charge in [-0.2, -0.15) is 0 Å². The van der Waals surface area contributed by atoms with Crippen LogP contribution in [0.5, 0.6) is 0 Å². The second-order valence-electron chi connectivity index (χ2n) is 9.56. The largest absolute Gasteiger partial charge is 0.447 e. The number of carbonyl (C=O) groups excluding carboxylic acids is 1. The van der Waals surface area contributed by atoms with Gasteiger partial charge >= 0.3 is 6.09 Å². The normalized spacial score (nSPS) is 19.7. The number of aromatic nitrogens is 1. The third-order valence-corrected chi connectivity index (χ3v) is 8.16. The Balaban J connectivity index is 1.71. The number of benzene rings is 1. The topological polar surface area (TPSA) is 97.4 Å². The molecule has 0 radical (unpaired) electrons. The number of hydrogen-bond donors (Lipinski definition) is 2. The Kier molecular flexibility index (Phi) is 7.62. The molecule has 1 aromatic carbocycles. The molecule has 2 aromatic rings. The zero-order valence-electron chi connectivity index (χ0n) is 19.3. The van der Waals surface area contributed by atoms with Gasteiger partial charge in [0.05, 0.1) is 20.9 Å². The van der Waals surface area contributed by atoms with Crippen LogP contribution in [0.15, 0.2) is 35.4 Å². The molecule has 9 heteroatoms. The van der Waals surface area contributed by atoms with Gasteiger partial charge in [0.1, 0.15) is 0 Å². The lowest BCUT2D eigenvalue weighted by atomic mass is 9.86. The number of amides is 1. The summed E-state index contributed by atoms with van der Waals surface area (Å²) in [6.07, 6.45) is 4.86. The third-order valence-electron chi connectivity index (χ3n) is 5.15. The van der Waals surface area contributed by atoms with Crippen molar-refractivity contribution in [3.63, 3.8) is 0 Å². The molecule has 32 heavy (non-hydrogen) atoms. The van der Waals surface area contributed by atoms with Gasteiger partial charge < -0.3 is 10.1 Å². The van der Waals surface area contributed by atoms with E-state index in [0.717, 1.165) is 35.6 Å². The van der Waals surface area contributed by atoms with Gasteiger partial charge in [-0.05, 0) is 66.4 Å². The van der Waals surface area contributed by atoms with Gasteiger partial charge in [0, 0.05) is 29.3 Å². The third kappa shape index (κ3) is 6.52. The zero-order chi connectivity index (χ0) is 23.5. The summed E-state index contributed by atoms with van der Waals surface area (Å²) in [7, 11) is -3.66. The first-order valence-corrected chi connectivity index (χ1v) is 13.3. The number of rotatable bonds is 6. The monoisotopic (exact) mass is 479 g/mol. The van der Waals surface area contributed by atoms with E-state index in [2.05, 4.69) is 15.0 Å². The summed E-state index contributed by atoms with van der Waals surface area (Å²) in [5.41, 5.74) is 0.0961. The van der Waals surface area contributed by atoms with E-state index in [1.807, 2.05) is 46.8 Å². The molecule has 1 saturated carbocycles. The molecule has 1 fully saturated rings. The van der Waals surface area contributed by atoms with Crippen LogP contribution in [0.1, 0.15) is 71.2 Å². The quantitative estimate of drug-likeness (QED) is 0.604. The molecule has 0 aliphatic heterocycles. The SMILES string of the molecule is CC(C)OC(=O)NC1CCC(c2ncc(-c3ccccc3S(=O)(=O)NC(C)(C)C)s2)CC1. The highest BCUT2D eigenvalue weighted by Gasteiger charge is 2.28. The van der Waals surface area contributed by atoms with Crippen molar-refractivity contribution in [1.29, 1.82) is 0 Å². The van der Waals surface area contributed by atoms with E-state index in [-0.39, 0.29) is 23.1 Å². The number of hydrogen-bond acceptors (Lipinski definition) is 6. The highest BCUT2D eigenvalue weighted by Crippen LogP contribution is 2.39. The maximum Gasteiger partial charge on any atom is 0.407 e. The second kappa shape index (κ2) is 9.89. The van der Waals surface area contributed by atoms with Gasteiger partial charge in [0.25, 0.3) is 0 Å². The van der Waals surface area contributed by atoms with E-state index >= 15 is 0 Å². The van der Waals surface area contributed by atoms with Gasteiger partial charge in [0.15, 0.2) is 0 Å². The van der Waals surface area contributed by atoms with Crippen molar-refractivity contribution in [2.75, 3.05) is 0 Å². The van der Waals surface area contributed by atoms with Crippen molar-refractivity contribution in [2.24, 2.45) is 0 Å². The van der Waals surface area contributed by atoms with Gasteiger partial charge in [-0.1, -0.05) is 18.2 Å². The molecule has 0 spiro atoms. The molecular formula is C23H33N3O4S2. The molecule has 0 atom stereocenters. The van der Waals surface area contributed by atoms with Gasteiger partial charge in [0.2, 0.25) is 10.0 Å². The molecule has 1 aliphatic rings. The number of nitrogens with one attached hydrogen (secondary N) is 2. The van der Waals surface area contributed by atoms with Gasteiger partial charge in [-0.3, -0.25) is 0 Å². The molecule has 1 aromatic heterocycles. The molecule has 3 rings (SSSR count). The van der Waals surface area contributed by atoms with Crippen LogP contribution in [0, 0.1) is 0 Å². The van der Waals surface area contributed by atoms with Crippen LogP contribution in [0.4, 0.5) is 4.79 Å². The summed E-state index contributed by atoms with van der Waals surface area (Å²) >= 11 is 1.55. The van der Waals surface area contributed by atoms with E-state index in [1.54, 1.807) is 29.7 Å². The zero-order valence-corrected chi connectivity index (χ0v) is 21.0. The van der Waals surface area contributed by atoms with Crippen molar-refractivity contribution >= 4 is 27.5 Å². The Morgan fingerprint density at radius 1 is 1.16 bits per heavy atom. The molecule has 7 nitrogen and oxygen atoms in total. The fraction of sp³-hybridized carbons (Fsp3) is 0.565. The molecule has 0 bridgehead atoms. The summed E-state index contributed by atoms with van der Waals surface area (Å²) in [6, 6.07) is 7.16. The lowest BCUT2D eigenvalue weighted by Gasteiger charge is -2.28. The Morgan fingerprint density at radius 3 is 2.44 bits per heavy atom. The average Bonchev–Trinajstić information content (AvgIpc) is 3.16. The fourth-order valence-electron chi connectivity index (χ4n) is 3.86. The number of carbonyl (C=O) groups is 1. The van der Waals surface area contributed by atoms with Crippen molar-refractivity contribution in [2.45, 2.75) is 88.8 Å². The molecule has 1 heterocycles. The van der Waals surface area contributed by atoms with Crippen LogP contribution in [-0.4, -0.2) is 37.2 Å². The molecule has 2 N–H and O–H groups in total. The Hall–Kier alpha value is -1.97. The Morgan fingerprint density at radius 2 is 1.81 bits per heavy atom. The van der Waals surface area contributed by atoms with Gasteiger partial charge in [-0.25, -0.2) is 22.9 Å². The minimum absolute atomic E-state index is 0.117. The van der Waals surface area contributed by atoms with Crippen LogP contribution >= 0.6 is 11.3 Å². The summed E-state index contributed by atoms with van der Waals surface area (Å²) in [4.78, 5) is 17.6. The smallest absolute Gasteiger partial charge is 0.407 e. The number of ether oxygens (including phenoxy) is 1. The van der Waals surface area contributed by atoms with E-state index in [9.17, 15) is 13.2 Å². The number of nitrogens with zero attached hydrogens (tertiary/aromatic N) is 1. The minimum atomic E-state index is -3.66. The molecular weight excluding hydrogens is 446 g/mol. The van der Waals surface area contributed by atoms with E-state index in [0.29, 0.717) is 11.5 Å². The lowest BCUT2D eigenvalue weighted by molar-refractivity contribution is 0.109. The fourth-order valence-corrected chi connectivity index (χ4v) is 6.70. The highest BCUT2D eigenvalue weighted by molar-refractivity contribution is 7.89. The predicted molar refractivity (Wildman–Crippen MR) is 127 cm³/mol. The molecule has 0 unspecified atom stereocenters. The molecule has 1 amide bonds. The number of sulfonamides is 1. The molecule has 176 valence electrons. The van der Waals surface area contributed by atoms with E-state index in [4.69, 9.17) is 4.74 Å². The Bertz CT molecular complexity index is 1030. The first-order chi connectivity index (χ1) is 14.9. The minimum Gasteiger partial charge on any atom is -0.447 e. The summed E-state index contributed by atoms with van der Waals surface area (Å²) in [5, 5.41) is 3.96. The number of thiazole rings is 1. The van der Waals surface area contributed by atoms with Gasteiger partial charge in [-0.15, -0.1) is 11.3 Å². The highest BCUT2D eigenvalue weighted by atomic mass is 32.2. The van der Waals surface area contributed by atoms with Crippen LogP contribution in [0.25, 0.3) is 10.4 Å². The maximum atomic E-state index is 13.0. The Labute approximate surface area is 195 Å². The standard InChI is InChI=1S/C23H33N3O4S2/c1-15(2)30-22(27)25-17-12-10-16(11-13-17)21-24-14-19(31-21)18-8-6-7-9-20(18)32(28,29)26-23(3,4)5/h6-9,14-17,26H,10-13H2,1-5H3,(H,25,27). The van der Waals surface area contributed by atoms with Crippen LogP contribution < -0.4 is 10.0 Å². The van der Waals surface area contributed by atoms with E-state index in [1.165, 1.54) is 0 Å². The lowest BCUT2D eigenvalue weighted by Crippen LogP contribution is -2.40. The van der Waals surface area contributed by atoms with Crippen molar-refractivity contribution in [3.8, 4) is 10.4 Å². The maximum absolute atomic E-state index is 13.0. The summed E-state index contributed by atoms with van der Waals surface area (Å²) in [6.45, 7) is 9.14. The van der Waals surface area contributed by atoms with Crippen LogP contribution in [0.2, 0.25) is 0 Å². The molecule has 0 saturated heterocycles. The van der Waals surface area contributed by atoms with Crippen molar-refractivity contribution in [1.82, 2.24) is 15.0 Å². The second-order valence-corrected chi connectivity index (χ2v) is 12.3. The van der Waals surface area contributed by atoms with Crippen molar-refractivity contribution < 1.29 is 17.9 Å². The predicted octanol–water partition coefficient (Wildman–Crippen LogP) is 5.05. The molecule has 1 aliphatic carbocycles. The first-order valence-electron chi connectivity index (χ1n) is 11.0. The number of alkyl carbamates (subject to hydrolysis) is 1. The van der Waals surface area contributed by atoms with Crippen LogP contribution in [0.3, 0.4) is 0 Å². The summed E-state index contributed by atoms with van der Waals surface area (Å²) < 4.78 is 33.8. The van der Waals surface area contributed by atoms with Crippen LogP contribution in [-0.2, 0) is 14.8 Å². The first kappa shape index (κ1) is 24.7. The van der Waals surface area contributed by atoms with E-state index < -0.39 is 15.6 Å². The van der Waals surface area contributed by atoms with Crippen molar-refractivity contribution in [3.05, 3.63) is 35.5 Å². The average molecular weight is 480 g/mol.